The molecular formula is C18H24ClN3O2S. The van der Waals surface area contributed by atoms with E-state index in [1.165, 1.54) is 11.8 Å². The fraction of sp³-hybridized carbons (Fsp3) is 0.500. The maximum atomic E-state index is 12.2. The molecule has 0 aliphatic carbocycles. The minimum Gasteiger partial charge on any atom is -0.411 e. The molecule has 0 spiro atoms. The molecule has 2 rings (SSSR count). The molecule has 1 aromatic heterocycles. The third-order valence-electron chi connectivity index (χ3n) is 3.25. The van der Waals surface area contributed by atoms with Crippen LogP contribution in [0.3, 0.4) is 0 Å². The topological polar surface area (TPSA) is 68.0 Å². The summed E-state index contributed by atoms with van der Waals surface area (Å²) in [5.74, 6) is 0.560. The first-order valence-corrected chi connectivity index (χ1v) is 9.44. The van der Waals surface area contributed by atoms with E-state index in [0.717, 1.165) is 12.0 Å². The van der Waals surface area contributed by atoms with Crippen molar-refractivity contribution in [1.29, 1.82) is 0 Å². The summed E-state index contributed by atoms with van der Waals surface area (Å²) < 4.78 is 5.59. The highest BCUT2D eigenvalue weighted by molar-refractivity contribution is 7.99. The fourth-order valence-electron chi connectivity index (χ4n) is 2.92. The van der Waals surface area contributed by atoms with Crippen LogP contribution in [0.25, 0.3) is 11.5 Å². The molecule has 7 heteroatoms. The molecule has 1 aromatic carbocycles. The van der Waals surface area contributed by atoms with Crippen molar-refractivity contribution in [2.24, 2.45) is 5.41 Å². The Morgan fingerprint density at radius 2 is 1.96 bits per heavy atom. The highest BCUT2D eigenvalue weighted by atomic mass is 35.5. The predicted molar refractivity (Wildman–Crippen MR) is 102 cm³/mol. The number of carbonyl (C=O) groups excluding carboxylic acids is 1. The Balaban J connectivity index is 1.90. The van der Waals surface area contributed by atoms with Crippen molar-refractivity contribution in [1.82, 2.24) is 15.5 Å². The van der Waals surface area contributed by atoms with Gasteiger partial charge in [-0.25, -0.2) is 0 Å². The number of hydrogen-bond donors (Lipinski definition) is 1. The van der Waals surface area contributed by atoms with E-state index in [2.05, 4.69) is 36.3 Å². The van der Waals surface area contributed by atoms with Crippen LogP contribution in [0, 0.1) is 5.41 Å². The van der Waals surface area contributed by atoms with Crippen LogP contribution in [-0.4, -0.2) is 27.4 Å². The largest absolute Gasteiger partial charge is 0.411 e. The monoisotopic (exact) mass is 381 g/mol. The highest BCUT2D eigenvalue weighted by Gasteiger charge is 2.27. The summed E-state index contributed by atoms with van der Waals surface area (Å²) in [7, 11) is 0. The van der Waals surface area contributed by atoms with Gasteiger partial charge in [-0.3, -0.25) is 4.79 Å². The zero-order chi connectivity index (χ0) is 18.7. The van der Waals surface area contributed by atoms with Crippen molar-refractivity contribution in [3.05, 3.63) is 29.3 Å². The number of halogens is 1. The van der Waals surface area contributed by atoms with Crippen LogP contribution in [-0.2, 0) is 4.79 Å². The van der Waals surface area contributed by atoms with Crippen LogP contribution in [0.15, 0.2) is 33.9 Å². The molecule has 25 heavy (non-hydrogen) atoms. The summed E-state index contributed by atoms with van der Waals surface area (Å²) in [4.78, 5) is 12.2. The molecular weight excluding hydrogens is 358 g/mol. The first-order valence-electron chi connectivity index (χ1n) is 8.07. The first-order chi connectivity index (χ1) is 11.5. The summed E-state index contributed by atoms with van der Waals surface area (Å²) in [6.45, 7) is 10.5. The van der Waals surface area contributed by atoms with Gasteiger partial charge in [0, 0.05) is 16.1 Å². The minimum atomic E-state index is -0.267. The Labute approximate surface area is 157 Å². The van der Waals surface area contributed by atoms with E-state index in [0.29, 0.717) is 16.1 Å². The van der Waals surface area contributed by atoms with Crippen molar-refractivity contribution >= 4 is 29.3 Å². The number of aromatic nitrogens is 2. The van der Waals surface area contributed by atoms with Crippen molar-refractivity contribution in [2.75, 3.05) is 5.75 Å². The zero-order valence-electron chi connectivity index (χ0n) is 15.2. The van der Waals surface area contributed by atoms with Gasteiger partial charge >= 0.3 is 0 Å². The van der Waals surface area contributed by atoms with Crippen LogP contribution in [0.2, 0.25) is 5.02 Å². The predicted octanol–water partition coefficient (Wildman–Crippen LogP) is 4.81. The Bertz CT molecular complexity index is 738. The maximum absolute atomic E-state index is 12.2. The Morgan fingerprint density at radius 3 is 2.60 bits per heavy atom. The summed E-state index contributed by atoms with van der Waals surface area (Å²) in [5, 5.41) is 12.0. The average molecular weight is 382 g/mol. The second-order valence-electron chi connectivity index (χ2n) is 7.84. The molecule has 1 heterocycles. The lowest BCUT2D eigenvalue weighted by molar-refractivity contribution is -0.120. The molecule has 0 bridgehead atoms. The number of amides is 1. The van der Waals surface area contributed by atoms with Crippen molar-refractivity contribution < 1.29 is 9.21 Å². The van der Waals surface area contributed by atoms with Crippen LogP contribution in [0.5, 0.6) is 0 Å². The molecule has 0 atom stereocenters. The van der Waals surface area contributed by atoms with Crippen molar-refractivity contribution in [2.45, 2.75) is 51.8 Å². The van der Waals surface area contributed by atoms with Gasteiger partial charge in [0.05, 0.1) is 5.75 Å². The molecule has 0 saturated carbocycles. The quantitative estimate of drug-likeness (QED) is 0.727. The summed E-state index contributed by atoms with van der Waals surface area (Å²) >= 11 is 7.19. The number of rotatable bonds is 6. The standard InChI is InChI=1S/C18H24ClN3O2S/c1-17(2,3)11-18(4,5)20-14(23)10-25-16-22-21-15(24-16)12-7-6-8-13(19)9-12/h6-9H,10-11H2,1-5H3,(H,20,23). The van der Waals surface area contributed by atoms with Gasteiger partial charge < -0.3 is 9.73 Å². The number of hydrogen-bond acceptors (Lipinski definition) is 5. The summed E-state index contributed by atoms with van der Waals surface area (Å²) in [5.41, 5.74) is 0.626. The molecule has 5 nitrogen and oxygen atoms in total. The number of nitrogens with one attached hydrogen (secondary N) is 1. The highest BCUT2D eigenvalue weighted by Crippen LogP contribution is 2.28. The second kappa shape index (κ2) is 7.79. The first kappa shape index (κ1) is 19.8. The molecule has 0 radical (unpaired) electrons. The Morgan fingerprint density at radius 1 is 1.24 bits per heavy atom. The van der Waals surface area contributed by atoms with E-state index in [-0.39, 0.29) is 22.6 Å². The summed E-state index contributed by atoms with van der Waals surface area (Å²) in [6.07, 6.45) is 0.885. The summed E-state index contributed by atoms with van der Waals surface area (Å²) in [6, 6.07) is 7.20. The lowest BCUT2D eigenvalue weighted by Crippen LogP contribution is -2.46. The number of nitrogens with zero attached hydrogens (tertiary/aromatic N) is 2. The van der Waals surface area contributed by atoms with Gasteiger partial charge in [-0.2, -0.15) is 0 Å². The van der Waals surface area contributed by atoms with Gasteiger partial charge in [-0.15, -0.1) is 10.2 Å². The molecule has 2 aromatic rings. The molecule has 136 valence electrons. The smallest absolute Gasteiger partial charge is 0.277 e. The van der Waals surface area contributed by atoms with Gasteiger partial charge in [0.1, 0.15) is 0 Å². The van der Waals surface area contributed by atoms with Crippen LogP contribution >= 0.6 is 23.4 Å². The molecule has 0 aliphatic rings. The molecule has 1 N–H and O–H groups in total. The van der Waals surface area contributed by atoms with E-state index >= 15 is 0 Å². The molecule has 0 fully saturated rings. The Hall–Kier alpha value is -1.53. The average Bonchev–Trinajstić information content (AvgIpc) is 2.90. The number of thioether (sulfide) groups is 1. The lowest BCUT2D eigenvalue weighted by Gasteiger charge is -2.33. The normalized spacial score (nSPS) is 12.2. The molecule has 0 saturated heterocycles. The van der Waals surface area contributed by atoms with Gasteiger partial charge in [0.15, 0.2) is 0 Å². The minimum absolute atomic E-state index is 0.0539. The fourth-order valence-corrected chi connectivity index (χ4v) is 3.67. The second-order valence-corrected chi connectivity index (χ2v) is 9.20. The van der Waals surface area contributed by atoms with Gasteiger partial charge in [-0.05, 0) is 43.9 Å². The molecule has 0 unspecified atom stereocenters. The van der Waals surface area contributed by atoms with Gasteiger partial charge in [-0.1, -0.05) is 50.2 Å². The Kier molecular flexibility index (Phi) is 6.16. The molecule has 0 aliphatic heterocycles. The lowest BCUT2D eigenvalue weighted by atomic mass is 9.82. The van der Waals surface area contributed by atoms with E-state index in [9.17, 15) is 4.79 Å². The van der Waals surface area contributed by atoms with Crippen LogP contribution < -0.4 is 5.32 Å². The van der Waals surface area contributed by atoms with Crippen molar-refractivity contribution in [3.63, 3.8) is 0 Å². The number of carbonyl (C=O) groups is 1. The molecule has 1 amide bonds. The zero-order valence-corrected chi connectivity index (χ0v) is 16.8. The van der Waals surface area contributed by atoms with Crippen LogP contribution in [0.1, 0.15) is 41.0 Å². The SMILES string of the molecule is CC(C)(C)CC(C)(C)NC(=O)CSc1nnc(-c2cccc(Cl)c2)o1. The van der Waals surface area contributed by atoms with Gasteiger partial charge in [0.25, 0.3) is 5.22 Å². The third kappa shape index (κ3) is 6.71. The maximum Gasteiger partial charge on any atom is 0.277 e. The third-order valence-corrected chi connectivity index (χ3v) is 4.31. The van der Waals surface area contributed by atoms with E-state index < -0.39 is 0 Å². The van der Waals surface area contributed by atoms with E-state index in [1.54, 1.807) is 12.1 Å². The number of benzene rings is 1. The van der Waals surface area contributed by atoms with Crippen molar-refractivity contribution in [3.8, 4) is 11.5 Å². The van der Waals surface area contributed by atoms with E-state index in [1.807, 2.05) is 26.0 Å². The van der Waals surface area contributed by atoms with Gasteiger partial charge in [0.2, 0.25) is 11.8 Å². The van der Waals surface area contributed by atoms with E-state index in [4.69, 9.17) is 16.0 Å². The van der Waals surface area contributed by atoms with Crippen LogP contribution in [0.4, 0.5) is 0 Å².